The second-order valence-corrected chi connectivity index (χ2v) is 4.73. The van der Waals surface area contributed by atoms with Gasteiger partial charge in [0.1, 0.15) is 0 Å². The van der Waals surface area contributed by atoms with Crippen LogP contribution in [-0.4, -0.2) is 41.3 Å². The van der Waals surface area contributed by atoms with Crippen molar-refractivity contribution in [1.29, 1.82) is 0 Å². The summed E-state index contributed by atoms with van der Waals surface area (Å²) in [6, 6.07) is 4.07. The van der Waals surface area contributed by atoms with Crippen LogP contribution in [0.3, 0.4) is 0 Å². The lowest BCUT2D eigenvalue weighted by molar-refractivity contribution is 0.160. The summed E-state index contributed by atoms with van der Waals surface area (Å²) >= 11 is 0. The summed E-state index contributed by atoms with van der Waals surface area (Å²) in [6.07, 6.45) is 1.16. The molecule has 0 spiro atoms. The van der Waals surface area contributed by atoms with Crippen LogP contribution in [-0.2, 0) is 6.54 Å². The Balaban J connectivity index is 1.92. The molecule has 5 nitrogen and oxygen atoms in total. The molecule has 2 N–H and O–H groups in total. The molecule has 0 saturated carbocycles. The van der Waals surface area contributed by atoms with Gasteiger partial charge in [0, 0.05) is 25.2 Å². The first-order valence-electron chi connectivity index (χ1n) is 6.03. The van der Waals surface area contributed by atoms with E-state index in [2.05, 4.69) is 22.0 Å². The van der Waals surface area contributed by atoms with Crippen LogP contribution in [0, 0.1) is 5.92 Å². The third-order valence-corrected chi connectivity index (χ3v) is 3.39. The van der Waals surface area contributed by atoms with E-state index in [1.807, 2.05) is 12.1 Å². The van der Waals surface area contributed by atoms with E-state index in [1.54, 1.807) is 7.11 Å². The molecule has 0 bridgehead atoms. The second-order valence-electron chi connectivity index (χ2n) is 4.73. The molecule has 0 aromatic carbocycles. The predicted octanol–water partition coefficient (Wildman–Crippen LogP) is 0.654. The maximum absolute atomic E-state index is 6.07. The van der Waals surface area contributed by atoms with Gasteiger partial charge < -0.3 is 10.5 Å². The molecular formula is C12H20N4O. The van der Waals surface area contributed by atoms with Crippen LogP contribution < -0.4 is 10.5 Å². The Kier molecular flexibility index (Phi) is 3.91. The standard InChI is InChI=1S/C12H20N4O/c1-9-5-6-16(8-11(9)13)7-10-3-4-12(17-2)15-14-10/h3-4,9,11H,5-8,13H2,1-2H3. The molecule has 5 heteroatoms. The monoisotopic (exact) mass is 236 g/mol. The van der Waals surface area contributed by atoms with Crippen LogP contribution in [0.1, 0.15) is 19.0 Å². The quantitative estimate of drug-likeness (QED) is 0.835. The normalized spacial score (nSPS) is 25.8. The number of hydrogen-bond acceptors (Lipinski definition) is 5. The Morgan fingerprint density at radius 3 is 2.88 bits per heavy atom. The van der Waals surface area contributed by atoms with Crippen molar-refractivity contribution in [2.45, 2.75) is 25.9 Å². The van der Waals surface area contributed by atoms with E-state index in [1.165, 1.54) is 0 Å². The van der Waals surface area contributed by atoms with Crippen molar-refractivity contribution in [1.82, 2.24) is 15.1 Å². The number of aromatic nitrogens is 2. The number of hydrogen-bond donors (Lipinski definition) is 1. The molecule has 0 radical (unpaired) electrons. The van der Waals surface area contributed by atoms with Crippen molar-refractivity contribution >= 4 is 0 Å². The van der Waals surface area contributed by atoms with Crippen molar-refractivity contribution in [3.8, 4) is 5.88 Å². The molecule has 0 aliphatic carbocycles. The predicted molar refractivity (Wildman–Crippen MR) is 65.6 cm³/mol. The van der Waals surface area contributed by atoms with Crippen LogP contribution in [0.4, 0.5) is 0 Å². The molecule has 1 aromatic heterocycles. The highest BCUT2D eigenvalue weighted by Gasteiger charge is 2.23. The molecule has 2 atom stereocenters. The van der Waals surface area contributed by atoms with Gasteiger partial charge in [-0.05, 0) is 24.9 Å². The van der Waals surface area contributed by atoms with Crippen LogP contribution in [0.5, 0.6) is 5.88 Å². The van der Waals surface area contributed by atoms with E-state index in [9.17, 15) is 0 Å². The fourth-order valence-corrected chi connectivity index (χ4v) is 2.08. The van der Waals surface area contributed by atoms with Gasteiger partial charge in [-0.25, -0.2) is 0 Å². The lowest BCUT2D eigenvalue weighted by Crippen LogP contribution is -2.47. The summed E-state index contributed by atoms with van der Waals surface area (Å²) in [4.78, 5) is 2.33. The molecule has 1 aromatic rings. The minimum Gasteiger partial charge on any atom is -0.480 e. The Bertz CT molecular complexity index is 354. The van der Waals surface area contributed by atoms with E-state index in [4.69, 9.17) is 10.5 Å². The maximum Gasteiger partial charge on any atom is 0.233 e. The third kappa shape index (κ3) is 3.14. The maximum atomic E-state index is 6.07. The largest absolute Gasteiger partial charge is 0.480 e. The van der Waals surface area contributed by atoms with Crippen molar-refractivity contribution in [3.05, 3.63) is 17.8 Å². The molecule has 2 rings (SSSR count). The minimum absolute atomic E-state index is 0.273. The van der Waals surface area contributed by atoms with Crippen molar-refractivity contribution < 1.29 is 4.74 Å². The highest BCUT2D eigenvalue weighted by Crippen LogP contribution is 2.17. The van der Waals surface area contributed by atoms with Crippen LogP contribution >= 0.6 is 0 Å². The van der Waals surface area contributed by atoms with Gasteiger partial charge in [0.2, 0.25) is 5.88 Å². The van der Waals surface area contributed by atoms with Gasteiger partial charge in [-0.3, -0.25) is 4.90 Å². The Hall–Kier alpha value is -1.20. The summed E-state index contributed by atoms with van der Waals surface area (Å²) in [7, 11) is 1.59. The van der Waals surface area contributed by atoms with Gasteiger partial charge in [-0.15, -0.1) is 5.10 Å². The average molecular weight is 236 g/mol. The third-order valence-electron chi connectivity index (χ3n) is 3.39. The Labute approximate surface area is 102 Å². The average Bonchev–Trinajstić information content (AvgIpc) is 2.35. The summed E-state index contributed by atoms with van der Waals surface area (Å²) in [5, 5.41) is 8.10. The second kappa shape index (κ2) is 5.42. The van der Waals surface area contributed by atoms with E-state index in [0.29, 0.717) is 11.8 Å². The molecule has 2 heterocycles. The number of piperidine rings is 1. The molecule has 2 unspecified atom stereocenters. The molecule has 17 heavy (non-hydrogen) atoms. The fourth-order valence-electron chi connectivity index (χ4n) is 2.08. The molecule has 1 fully saturated rings. The number of nitrogens with two attached hydrogens (primary N) is 1. The SMILES string of the molecule is COc1ccc(CN2CCC(C)C(N)C2)nn1. The first kappa shape index (κ1) is 12.3. The molecule has 1 aliphatic rings. The summed E-state index contributed by atoms with van der Waals surface area (Å²) < 4.78 is 4.98. The first-order valence-corrected chi connectivity index (χ1v) is 6.03. The smallest absolute Gasteiger partial charge is 0.233 e. The van der Waals surface area contributed by atoms with Gasteiger partial charge >= 0.3 is 0 Å². The molecule has 94 valence electrons. The molecule has 0 amide bonds. The van der Waals surface area contributed by atoms with E-state index in [0.717, 1.165) is 31.7 Å². The van der Waals surface area contributed by atoms with Gasteiger partial charge in [0.05, 0.1) is 12.8 Å². The number of rotatable bonds is 3. The Morgan fingerprint density at radius 2 is 2.29 bits per heavy atom. The number of nitrogens with zero attached hydrogens (tertiary/aromatic N) is 3. The number of likely N-dealkylation sites (tertiary alicyclic amines) is 1. The van der Waals surface area contributed by atoms with Crippen LogP contribution in [0.2, 0.25) is 0 Å². The zero-order chi connectivity index (χ0) is 12.3. The van der Waals surface area contributed by atoms with Crippen molar-refractivity contribution in [2.24, 2.45) is 11.7 Å². The minimum atomic E-state index is 0.273. The number of ether oxygens (including phenoxy) is 1. The zero-order valence-corrected chi connectivity index (χ0v) is 10.5. The molecule has 1 aliphatic heterocycles. The lowest BCUT2D eigenvalue weighted by Gasteiger charge is -2.34. The van der Waals surface area contributed by atoms with E-state index < -0.39 is 0 Å². The number of methoxy groups -OCH3 is 1. The fraction of sp³-hybridized carbons (Fsp3) is 0.667. The van der Waals surface area contributed by atoms with Crippen LogP contribution in [0.25, 0.3) is 0 Å². The van der Waals surface area contributed by atoms with Gasteiger partial charge in [-0.2, -0.15) is 5.10 Å². The Morgan fingerprint density at radius 1 is 1.47 bits per heavy atom. The van der Waals surface area contributed by atoms with E-state index in [-0.39, 0.29) is 6.04 Å². The summed E-state index contributed by atoms with van der Waals surface area (Å²) in [5.41, 5.74) is 7.04. The zero-order valence-electron chi connectivity index (χ0n) is 10.5. The first-order chi connectivity index (χ1) is 8.19. The molecule has 1 saturated heterocycles. The van der Waals surface area contributed by atoms with Gasteiger partial charge in [0.15, 0.2) is 0 Å². The highest BCUT2D eigenvalue weighted by molar-refractivity contribution is 5.11. The topological polar surface area (TPSA) is 64.3 Å². The van der Waals surface area contributed by atoms with E-state index >= 15 is 0 Å². The van der Waals surface area contributed by atoms with Gasteiger partial charge in [0.25, 0.3) is 0 Å². The van der Waals surface area contributed by atoms with Crippen molar-refractivity contribution in [3.63, 3.8) is 0 Å². The highest BCUT2D eigenvalue weighted by atomic mass is 16.5. The van der Waals surface area contributed by atoms with Crippen LogP contribution in [0.15, 0.2) is 12.1 Å². The summed E-state index contributed by atoms with van der Waals surface area (Å²) in [6.45, 7) is 5.06. The van der Waals surface area contributed by atoms with Gasteiger partial charge in [-0.1, -0.05) is 6.92 Å². The van der Waals surface area contributed by atoms with Crippen molar-refractivity contribution in [2.75, 3.05) is 20.2 Å². The molecular weight excluding hydrogens is 216 g/mol. The lowest BCUT2D eigenvalue weighted by atomic mass is 9.94. The summed E-state index contributed by atoms with van der Waals surface area (Å²) in [5.74, 6) is 1.17.